The van der Waals surface area contributed by atoms with Crippen molar-refractivity contribution in [2.75, 3.05) is 34.9 Å². The van der Waals surface area contributed by atoms with E-state index >= 15 is 0 Å². The summed E-state index contributed by atoms with van der Waals surface area (Å²) in [5.74, 6) is 1.77. The summed E-state index contributed by atoms with van der Waals surface area (Å²) in [6, 6.07) is 4.30. The molecule has 0 aliphatic rings. The first-order chi connectivity index (χ1) is 8.54. The minimum absolute atomic E-state index is 0.236. The van der Waals surface area contributed by atoms with Gasteiger partial charge in [-0.05, 0) is 51.7 Å². The number of nitrogens with zero attached hydrogens (tertiary/aromatic N) is 1. The van der Waals surface area contributed by atoms with Crippen LogP contribution >= 0.6 is 0 Å². The van der Waals surface area contributed by atoms with Gasteiger partial charge in [-0.2, -0.15) is 0 Å². The van der Waals surface area contributed by atoms with E-state index in [9.17, 15) is 0 Å². The monoisotopic (exact) mass is 252 g/mol. The van der Waals surface area contributed by atoms with Crippen molar-refractivity contribution in [1.82, 2.24) is 4.90 Å². The van der Waals surface area contributed by atoms with E-state index in [1.54, 1.807) is 14.2 Å². The first-order valence-electron chi connectivity index (χ1n) is 6.14. The van der Waals surface area contributed by atoms with Gasteiger partial charge in [-0.15, -0.1) is 0 Å². The molecule has 1 atom stereocenters. The molecule has 0 bridgehead atoms. The molecule has 2 N–H and O–H groups in total. The molecule has 0 aliphatic carbocycles. The van der Waals surface area contributed by atoms with Crippen molar-refractivity contribution in [2.24, 2.45) is 5.73 Å². The van der Waals surface area contributed by atoms with Crippen LogP contribution in [-0.4, -0.2) is 39.8 Å². The second kappa shape index (κ2) is 6.61. The Bertz CT molecular complexity index is 392. The van der Waals surface area contributed by atoms with Gasteiger partial charge in [0.25, 0.3) is 0 Å². The standard InChI is InChI=1S/C14H24N2O2/c1-10-8-14(18-5)11(9-13(10)17-4)12(6-7-15)16(2)3/h8-9,12H,6-7,15H2,1-5H3. The van der Waals surface area contributed by atoms with Gasteiger partial charge in [0.1, 0.15) is 11.5 Å². The maximum Gasteiger partial charge on any atom is 0.124 e. The molecule has 4 nitrogen and oxygen atoms in total. The predicted octanol–water partition coefficient (Wildman–Crippen LogP) is 1.96. The highest BCUT2D eigenvalue weighted by Crippen LogP contribution is 2.35. The number of benzene rings is 1. The number of ether oxygens (including phenoxy) is 2. The average molecular weight is 252 g/mol. The lowest BCUT2D eigenvalue weighted by molar-refractivity contribution is 0.276. The number of hydrogen-bond acceptors (Lipinski definition) is 4. The molecule has 1 aromatic rings. The molecule has 1 aromatic carbocycles. The third-order valence-corrected chi connectivity index (χ3v) is 3.17. The zero-order chi connectivity index (χ0) is 13.7. The Morgan fingerprint density at radius 3 is 2.22 bits per heavy atom. The molecular weight excluding hydrogens is 228 g/mol. The maximum atomic E-state index is 5.70. The Hall–Kier alpha value is -1.26. The van der Waals surface area contributed by atoms with Crippen LogP contribution in [0.5, 0.6) is 11.5 Å². The van der Waals surface area contributed by atoms with Gasteiger partial charge in [0, 0.05) is 11.6 Å². The fourth-order valence-corrected chi connectivity index (χ4v) is 2.18. The molecule has 0 spiro atoms. The minimum atomic E-state index is 0.236. The minimum Gasteiger partial charge on any atom is -0.496 e. The van der Waals surface area contributed by atoms with Gasteiger partial charge in [0.05, 0.1) is 14.2 Å². The first-order valence-corrected chi connectivity index (χ1v) is 6.14. The number of aryl methyl sites for hydroxylation is 1. The molecule has 0 heterocycles. The molecule has 4 heteroatoms. The molecule has 0 radical (unpaired) electrons. The Labute approximate surface area is 110 Å². The van der Waals surface area contributed by atoms with E-state index in [1.165, 1.54) is 0 Å². The zero-order valence-electron chi connectivity index (χ0n) is 12.0. The first kappa shape index (κ1) is 14.8. The van der Waals surface area contributed by atoms with Gasteiger partial charge in [0.15, 0.2) is 0 Å². The summed E-state index contributed by atoms with van der Waals surface area (Å²) in [6.07, 6.45) is 0.884. The number of methoxy groups -OCH3 is 2. The molecule has 0 aliphatic heterocycles. The van der Waals surface area contributed by atoms with Gasteiger partial charge in [0.2, 0.25) is 0 Å². The smallest absolute Gasteiger partial charge is 0.124 e. The van der Waals surface area contributed by atoms with Crippen LogP contribution in [0.25, 0.3) is 0 Å². The Morgan fingerprint density at radius 2 is 1.78 bits per heavy atom. The van der Waals surface area contributed by atoms with Crippen LogP contribution in [0.3, 0.4) is 0 Å². The lowest BCUT2D eigenvalue weighted by Crippen LogP contribution is -2.23. The van der Waals surface area contributed by atoms with Crippen LogP contribution in [0.4, 0.5) is 0 Å². The lowest BCUT2D eigenvalue weighted by atomic mass is 9.99. The highest BCUT2D eigenvalue weighted by Gasteiger charge is 2.19. The van der Waals surface area contributed by atoms with Gasteiger partial charge in [-0.1, -0.05) is 0 Å². The summed E-state index contributed by atoms with van der Waals surface area (Å²) in [5.41, 5.74) is 7.89. The van der Waals surface area contributed by atoms with Crippen molar-refractivity contribution < 1.29 is 9.47 Å². The van der Waals surface area contributed by atoms with E-state index in [0.29, 0.717) is 6.54 Å². The zero-order valence-corrected chi connectivity index (χ0v) is 12.0. The van der Waals surface area contributed by atoms with Crippen LogP contribution in [-0.2, 0) is 0 Å². The van der Waals surface area contributed by atoms with Crippen LogP contribution in [0, 0.1) is 6.92 Å². The molecule has 0 aromatic heterocycles. The molecule has 1 unspecified atom stereocenters. The predicted molar refractivity (Wildman–Crippen MR) is 74.4 cm³/mol. The van der Waals surface area contributed by atoms with Crippen LogP contribution in [0.1, 0.15) is 23.6 Å². The Kier molecular flexibility index (Phi) is 5.44. The molecule has 102 valence electrons. The SMILES string of the molecule is COc1cc(C(CCN)N(C)C)c(OC)cc1C. The Balaban J connectivity index is 3.25. The second-order valence-electron chi connectivity index (χ2n) is 4.62. The van der Waals surface area contributed by atoms with Crippen molar-refractivity contribution in [1.29, 1.82) is 0 Å². The number of nitrogens with two attached hydrogens (primary N) is 1. The normalized spacial score (nSPS) is 12.6. The molecule has 0 amide bonds. The van der Waals surface area contributed by atoms with E-state index in [0.717, 1.165) is 29.0 Å². The summed E-state index contributed by atoms with van der Waals surface area (Å²) in [4.78, 5) is 2.15. The fraction of sp³-hybridized carbons (Fsp3) is 0.571. The summed E-state index contributed by atoms with van der Waals surface area (Å²) < 4.78 is 10.9. The highest BCUT2D eigenvalue weighted by molar-refractivity contribution is 5.47. The van der Waals surface area contributed by atoms with Crippen LogP contribution < -0.4 is 15.2 Å². The van der Waals surface area contributed by atoms with E-state index in [1.807, 2.05) is 27.1 Å². The van der Waals surface area contributed by atoms with Gasteiger partial charge in [-0.3, -0.25) is 0 Å². The molecular formula is C14H24N2O2. The van der Waals surface area contributed by atoms with Crippen LogP contribution in [0.15, 0.2) is 12.1 Å². The third-order valence-electron chi connectivity index (χ3n) is 3.17. The summed E-state index contributed by atoms with van der Waals surface area (Å²) >= 11 is 0. The largest absolute Gasteiger partial charge is 0.496 e. The van der Waals surface area contributed by atoms with E-state index in [-0.39, 0.29) is 6.04 Å². The molecule has 0 saturated carbocycles. The van der Waals surface area contributed by atoms with E-state index < -0.39 is 0 Å². The Morgan fingerprint density at radius 1 is 1.17 bits per heavy atom. The van der Waals surface area contributed by atoms with Crippen molar-refractivity contribution in [2.45, 2.75) is 19.4 Å². The lowest BCUT2D eigenvalue weighted by Gasteiger charge is -2.26. The van der Waals surface area contributed by atoms with E-state index in [4.69, 9.17) is 15.2 Å². The molecule has 0 saturated heterocycles. The second-order valence-corrected chi connectivity index (χ2v) is 4.62. The molecule has 18 heavy (non-hydrogen) atoms. The van der Waals surface area contributed by atoms with Crippen LogP contribution in [0.2, 0.25) is 0 Å². The highest BCUT2D eigenvalue weighted by atomic mass is 16.5. The van der Waals surface area contributed by atoms with Crippen molar-refractivity contribution >= 4 is 0 Å². The van der Waals surface area contributed by atoms with Gasteiger partial charge in [-0.25, -0.2) is 0 Å². The van der Waals surface area contributed by atoms with E-state index in [2.05, 4.69) is 11.0 Å². The van der Waals surface area contributed by atoms with Crippen molar-refractivity contribution in [3.05, 3.63) is 23.3 Å². The molecule has 1 rings (SSSR count). The maximum absolute atomic E-state index is 5.70. The quantitative estimate of drug-likeness (QED) is 0.841. The summed E-state index contributed by atoms with van der Waals surface area (Å²) in [6.45, 7) is 2.65. The number of rotatable bonds is 6. The van der Waals surface area contributed by atoms with Crippen molar-refractivity contribution in [3.8, 4) is 11.5 Å². The fourth-order valence-electron chi connectivity index (χ4n) is 2.18. The van der Waals surface area contributed by atoms with Crippen molar-refractivity contribution in [3.63, 3.8) is 0 Å². The topological polar surface area (TPSA) is 47.7 Å². The average Bonchev–Trinajstić information content (AvgIpc) is 2.35. The molecule has 0 fully saturated rings. The third kappa shape index (κ3) is 3.15. The van der Waals surface area contributed by atoms with Gasteiger partial charge >= 0.3 is 0 Å². The van der Waals surface area contributed by atoms with Gasteiger partial charge < -0.3 is 20.1 Å². The summed E-state index contributed by atoms with van der Waals surface area (Å²) in [5, 5.41) is 0. The number of hydrogen-bond donors (Lipinski definition) is 1. The summed E-state index contributed by atoms with van der Waals surface area (Å²) in [7, 11) is 7.48.